The predicted molar refractivity (Wildman–Crippen MR) is 67.4 cm³/mol. The van der Waals surface area contributed by atoms with E-state index in [0.717, 1.165) is 13.0 Å². The lowest BCUT2D eigenvalue weighted by Crippen LogP contribution is -2.30. The molecular formula is C13H27NO2. The largest absolute Gasteiger partial charge is 0.372 e. The molecule has 0 atom stereocenters. The van der Waals surface area contributed by atoms with Crippen LogP contribution in [0.5, 0.6) is 0 Å². The van der Waals surface area contributed by atoms with Gasteiger partial charge < -0.3 is 10.1 Å². The van der Waals surface area contributed by atoms with Gasteiger partial charge in [0.1, 0.15) is 6.61 Å². The van der Waals surface area contributed by atoms with Crippen LogP contribution in [0.2, 0.25) is 0 Å². The molecule has 16 heavy (non-hydrogen) atoms. The summed E-state index contributed by atoms with van der Waals surface area (Å²) in [6.07, 6.45) is 6.12. The summed E-state index contributed by atoms with van der Waals surface area (Å²) in [5.74, 6) is 0.500. The van der Waals surface area contributed by atoms with Gasteiger partial charge in [0.2, 0.25) is 5.91 Å². The number of carbonyl (C=O) groups excluding carboxylic acids is 1. The molecule has 96 valence electrons. The Bertz CT molecular complexity index is 169. The molecule has 0 aliphatic heterocycles. The highest BCUT2D eigenvalue weighted by molar-refractivity contribution is 5.77. The van der Waals surface area contributed by atoms with E-state index < -0.39 is 0 Å². The van der Waals surface area contributed by atoms with E-state index in [1.54, 1.807) is 0 Å². The molecular weight excluding hydrogens is 202 g/mol. The first-order valence-corrected chi connectivity index (χ1v) is 6.51. The van der Waals surface area contributed by atoms with Crippen molar-refractivity contribution < 1.29 is 9.53 Å². The lowest BCUT2D eigenvalue weighted by molar-refractivity contribution is -0.125. The maximum atomic E-state index is 11.2. The molecule has 0 aliphatic carbocycles. The maximum Gasteiger partial charge on any atom is 0.246 e. The van der Waals surface area contributed by atoms with Crippen LogP contribution in [0.4, 0.5) is 0 Å². The number of nitrogens with one attached hydrogen (secondary N) is 1. The Labute approximate surface area is 99.9 Å². The summed E-state index contributed by atoms with van der Waals surface area (Å²) in [4.78, 5) is 11.2. The number of hydrogen-bond donors (Lipinski definition) is 1. The molecule has 0 radical (unpaired) electrons. The first kappa shape index (κ1) is 15.4. The highest BCUT2D eigenvalue weighted by Crippen LogP contribution is 2.02. The second kappa shape index (κ2) is 10.9. The molecule has 0 unspecified atom stereocenters. The maximum absolute atomic E-state index is 11.2. The molecule has 0 aromatic rings. The number of carbonyl (C=O) groups is 1. The standard InChI is InChI=1S/C13H27NO2/c1-4-5-6-7-8-9-16-11-13(15)14-10-12(2)3/h12H,4-11H2,1-3H3,(H,14,15). The minimum atomic E-state index is 0.00209. The Kier molecular flexibility index (Phi) is 10.5. The Morgan fingerprint density at radius 1 is 1.19 bits per heavy atom. The quantitative estimate of drug-likeness (QED) is 0.585. The summed E-state index contributed by atoms with van der Waals surface area (Å²) in [6.45, 7) is 8.01. The minimum Gasteiger partial charge on any atom is -0.372 e. The van der Waals surface area contributed by atoms with Crippen LogP contribution in [0.3, 0.4) is 0 Å². The Morgan fingerprint density at radius 2 is 1.88 bits per heavy atom. The molecule has 0 saturated heterocycles. The van der Waals surface area contributed by atoms with Crippen LogP contribution in [-0.2, 0) is 9.53 Å². The summed E-state index contributed by atoms with van der Waals surface area (Å²) >= 11 is 0. The Balaban J connectivity index is 3.15. The molecule has 1 amide bonds. The summed E-state index contributed by atoms with van der Waals surface area (Å²) in [7, 11) is 0. The van der Waals surface area contributed by atoms with Crippen molar-refractivity contribution in [1.29, 1.82) is 0 Å². The molecule has 1 N–H and O–H groups in total. The first-order chi connectivity index (χ1) is 7.66. The van der Waals surface area contributed by atoms with E-state index in [-0.39, 0.29) is 12.5 Å². The third-order valence-corrected chi connectivity index (χ3v) is 2.33. The van der Waals surface area contributed by atoms with Gasteiger partial charge in [0.05, 0.1) is 0 Å². The van der Waals surface area contributed by atoms with Crippen LogP contribution in [0, 0.1) is 5.92 Å². The molecule has 0 aromatic carbocycles. The lowest BCUT2D eigenvalue weighted by atomic mass is 10.2. The van der Waals surface area contributed by atoms with Gasteiger partial charge >= 0.3 is 0 Å². The van der Waals surface area contributed by atoms with E-state index in [1.165, 1.54) is 25.7 Å². The molecule has 3 heteroatoms. The van der Waals surface area contributed by atoms with E-state index >= 15 is 0 Å². The van der Waals surface area contributed by atoms with Crippen molar-refractivity contribution in [2.45, 2.75) is 52.9 Å². The van der Waals surface area contributed by atoms with Crippen LogP contribution in [0.1, 0.15) is 52.9 Å². The lowest BCUT2D eigenvalue weighted by Gasteiger charge is -2.08. The monoisotopic (exact) mass is 229 g/mol. The SMILES string of the molecule is CCCCCCCOCC(=O)NCC(C)C. The van der Waals surface area contributed by atoms with Crippen molar-refractivity contribution in [3.63, 3.8) is 0 Å². The summed E-state index contributed by atoms with van der Waals surface area (Å²) in [5, 5.41) is 2.83. The molecule has 3 nitrogen and oxygen atoms in total. The predicted octanol–water partition coefficient (Wildman–Crippen LogP) is 2.75. The van der Waals surface area contributed by atoms with Gasteiger partial charge in [-0.05, 0) is 12.3 Å². The van der Waals surface area contributed by atoms with E-state index in [2.05, 4.69) is 26.1 Å². The fourth-order valence-corrected chi connectivity index (χ4v) is 1.34. The fourth-order valence-electron chi connectivity index (χ4n) is 1.34. The van der Waals surface area contributed by atoms with Crippen LogP contribution in [0.25, 0.3) is 0 Å². The highest BCUT2D eigenvalue weighted by atomic mass is 16.5. The van der Waals surface area contributed by atoms with Crippen molar-refractivity contribution >= 4 is 5.91 Å². The van der Waals surface area contributed by atoms with Crippen molar-refractivity contribution in [3.05, 3.63) is 0 Å². The van der Waals surface area contributed by atoms with Gasteiger partial charge in [0.15, 0.2) is 0 Å². The smallest absolute Gasteiger partial charge is 0.246 e. The van der Waals surface area contributed by atoms with Gasteiger partial charge in [0.25, 0.3) is 0 Å². The van der Waals surface area contributed by atoms with Crippen LogP contribution < -0.4 is 5.32 Å². The Hall–Kier alpha value is -0.570. The molecule has 0 heterocycles. The van der Waals surface area contributed by atoms with Crippen LogP contribution >= 0.6 is 0 Å². The van der Waals surface area contributed by atoms with Crippen molar-refractivity contribution in [2.75, 3.05) is 19.8 Å². The molecule has 0 aromatic heterocycles. The van der Waals surface area contributed by atoms with E-state index in [9.17, 15) is 4.79 Å². The summed E-state index contributed by atoms with van der Waals surface area (Å²) in [5.41, 5.74) is 0. The van der Waals surface area contributed by atoms with Gasteiger partial charge in [-0.3, -0.25) is 4.79 Å². The zero-order valence-electron chi connectivity index (χ0n) is 11.1. The zero-order chi connectivity index (χ0) is 12.2. The zero-order valence-corrected chi connectivity index (χ0v) is 11.1. The molecule has 0 saturated carbocycles. The van der Waals surface area contributed by atoms with Gasteiger partial charge in [-0.2, -0.15) is 0 Å². The van der Waals surface area contributed by atoms with E-state index in [0.29, 0.717) is 12.5 Å². The van der Waals surface area contributed by atoms with Gasteiger partial charge in [-0.25, -0.2) is 0 Å². The van der Waals surface area contributed by atoms with Gasteiger partial charge in [-0.15, -0.1) is 0 Å². The van der Waals surface area contributed by atoms with Gasteiger partial charge in [0, 0.05) is 13.2 Å². The average molecular weight is 229 g/mol. The first-order valence-electron chi connectivity index (χ1n) is 6.51. The third kappa shape index (κ3) is 11.5. The summed E-state index contributed by atoms with van der Waals surface area (Å²) < 4.78 is 5.30. The molecule has 0 bridgehead atoms. The van der Waals surface area contributed by atoms with Crippen LogP contribution in [0.15, 0.2) is 0 Å². The number of hydrogen-bond acceptors (Lipinski definition) is 2. The van der Waals surface area contributed by atoms with Crippen molar-refractivity contribution in [3.8, 4) is 0 Å². The second-order valence-corrected chi connectivity index (χ2v) is 4.66. The van der Waals surface area contributed by atoms with Crippen LogP contribution in [-0.4, -0.2) is 25.7 Å². The molecule has 0 rings (SSSR count). The number of amides is 1. The third-order valence-electron chi connectivity index (χ3n) is 2.33. The second-order valence-electron chi connectivity index (χ2n) is 4.66. The number of rotatable bonds is 10. The number of ether oxygens (including phenoxy) is 1. The van der Waals surface area contributed by atoms with Crippen molar-refractivity contribution in [2.24, 2.45) is 5.92 Å². The fraction of sp³-hybridized carbons (Fsp3) is 0.923. The van der Waals surface area contributed by atoms with E-state index in [1.807, 2.05) is 0 Å². The van der Waals surface area contributed by atoms with Gasteiger partial charge in [-0.1, -0.05) is 46.5 Å². The average Bonchev–Trinajstić information content (AvgIpc) is 2.25. The topological polar surface area (TPSA) is 38.3 Å². The molecule has 0 spiro atoms. The minimum absolute atomic E-state index is 0.00209. The molecule has 0 aliphatic rings. The van der Waals surface area contributed by atoms with E-state index in [4.69, 9.17) is 4.74 Å². The van der Waals surface area contributed by atoms with Crippen molar-refractivity contribution in [1.82, 2.24) is 5.32 Å². The highest BCUT2D eigenvalue weighted by Gasteiger charge is 2.01. The normalized spacial score (nSPS) is 10.8. The summed E-state index contributed by atoms with van der Waals surface area (Å²) in [6, 6.07) is 0. The molecule has 0 fully saturated rings. The number of unbranched alkanes of at least 4 members (excludes halogenated alkanes) is 4. The Morgan fingerprint density at radius 3 is 2.50 bits per heavy atom.